The Bertz CT molecular complexity index is 171. The lowest BCUT2D eigenvalue weighted by Gasteiger charge is -1.85. The van der Waals surface area contributed by atoms with Gasteiger partial charge in [-0.25, -0.2) is 4.79 Å². The molecule has 0 aliphatic rings. The van der Waals surface area contributed by atoms with Crippen LogP contribution >= 0.6 is 11.6 Å². The van der Waals surface area contributed by atoms with Gasteiger partial charge in [-0.15, -0.1) is 0 Å². The van der Waals surface area contributed by atoms with Crippen LogP contribution < -0.4 is 0 Å². The number of hydrogen-bond acceptors (Lipinski definition) is 3. The number of Topliss-reactive ketones (excluding diaryl/α,β-unsaturated/α-hetero) is 1. The molecule has 50 valence electrons. The maximum atomic E-state index is 10.1. The number of aliphatic hydroxyl groups is 1. The lowest BCUT2D eigenvalue weighted by molar-refractivity contribution is -0.147. The van der Waals surface area contributed by atoms with Crippen molar-refractivity contribution in [2.75, 3.05) is 0 Å². The summed E-state index contributed by atoms with van der Waals surface area (Å²) in [6.07, 6.45) is 0.234. The van der Waals surface area contributed by atoms with Gasteiger partial charge in [0.15, 0.2) is 0 Å². The van der Waals surface area contributed by atoms with Gasteiger partial charge in [0.25, 0.3) is 5.78 Å². The van der Waals surface area contributed by atoms with Crippen molar-refractivity contribution in [3.05, 3.63) is 11.3 Å². The van der Waals surface area contributed by atoms with Crippen LogP contribution in [0.3, 0.4) is 0 Å². The molecule has 0 aliphatic carbocycles. The van der Waals surface area contributed by atoms with Gasteiger partial charge in [0.1, 0.15) is 11.3 Å². The summed E-state index contributed by atoms with van der Waals surface area (Å²) in [4.78, 5) is 19.8. The SMILES string of the molecule is O=C(O)C(=O)/C(Cl)=C\O. The van der Waals surface area contributed by atoms with E-state index in [4.69, 9.17) is 21.8 Å². The van der Waals surface area contributed by atoms with Gasteiger partial charge in [0, 0.05) is 0 Å². The first kappa shape index (κ1) is 7.97. The molecule has 0 amide bonds. The van der Waals surface area contributed by atoms with E-state index in [1.54, 1.807) is 0 Å². The van der Waals surface area contributed by atoms with Crippen LogP contribution in [0.15, 0.2) is 11.3 Å². The zero-order valence-electron chi connectivity index (χ0n) is 4.17. The second-order valence-corrected chi connectivity index (χ2v) is 1.52. The molecule has 0 saturated carbocycles. The molecule has 0 spiro atoms. The molecule has 0 atom stereocenters. The smallest absolute Gasteiger partial charge is 0.378 e. The molecule has 0 radical (unpaired) electrons. The third-order valence-electron chi connectivity index (χ3n) is 0.525. The monoisotopic (exact) mass is 150 g/mol. The quantitative estimate of drug-likeness (QED) is 0.337. The first-order valence-corrected chi connectivity index (χ1v) is 2.25. The molecule has 0 rings (SSSR count). The van der Waals surface area contributed by atoms with Crippen molar-refractivity contribution in [3.63, 3.8) is 0 Å². The van der Waals surface area contributed by atoms with Crippen molar-refractivity contribution >= 4 is 23.4 Å². The number of carbonyl (C=O) groups excluding carboxylic acids is 1. The van der Waals surface area contributed by atoms with Crippen LogP contribution in [0.4, 0.5) is 0 Å². The van der Waals surface area contributed by atoms with Gasteiger partial charge >= 0.3 is 5.97 Å². The molecule has 0 saturated heterocycles. The van der Waals surface area contributed by atoms with E-state index in [0.29, 0.717) is 0 Å². The molecule has 0 bridgehead atoms. The highest BCUT2D eigenvalue weighted by molar-refractivity contribution is 6.55. The maximum Gasteiger partial charge on any atom is 0.378 e. The largest absolute Gasteiger partial charge is 0.514 e. The fourth-order valence-corrected chi connectivity index (χ4v) is 0.242. The average Bonchev–Trinajstić information content (AvgIpc) is 1.84. The van der Waals surface area contributed by atoms with E-state index >= 15 is 0 Å². The third-order valence-corrected chi connectivity index (χ3v) is 0.794. The predicted octanol–water partition coefficient (Wildman–Crippen LogP) is 0.278. The van der Waals surface area contributed by atoms with Gasteiger partial charge in [0.05, 0.1) is 0 Å². The number of carboxylic acid groups (broad SMARTS) is 1. The van der Waals surface area contributed by atoms with Gasteiger partial charge in [-0.3, -0.25) is 4.79 Å². The molecular weight excluding hydrogens is 147 g/mol. The summed E-state index contributed by atoms with van der Waals surface area (Å²) >= 11 is 4.89. The Kier molecular flexibility index (Phi) is 2.73. The number of carboxylic acids is 1. The van der Waals surface area contributed by atoms with Crippen molar-refractivity contribution in [3.8, 4) is 0 Å². The summed E-state index contributed by atoms with van der Waals surface area (Å²) in [5.41, 5.74) is 0. The second kappa shape index (κ2) is 3.09. The average molecular weight is 151 g/mol. The number of rotatable bonds is 2. The maximum absolute atomic E-state index is 10.1. The fraction of sp³-hybridized carbons (Fsp3) is 0. The molecule has 4 nitrogen and oxygen atoms in total. The minimum Gasteiger partial charge on any atom is -0.514 e. The topological polar surface area (TPSA) is 74.6 Å². The van der Waals surface area contributed by atoms with Gasteiger partial charge in [-0.2, -0.15) is 0 Å². The number of halogens is 1. The van der Waals surface area contributed by atoms with E-state index in [0.717, 1.165) is 0 Å². The summed E-state index contributed by atoms with van der Waals surface area (Å²) in [5.74, 6) is -3.01. The van der Waals surface area contributed by atoms with Crippen molar-refractivity contribution in [1.29, 1.82) is 0 Å². The van der Waals surface area contributed by atoms with Crippen LogP contribution in [0.2, 0.25) is 0 Å². The normalized spacial score (nSPS) is 11.0. The van der Waals surface area contributed by atoms with Gasteiger partial charge in [-0.1, -0.05) is 11.6 Å². The number of aliphatic carboxylic acids is 1. The Morgan fingerprint density at radius 1 is 1.44 bits per heavy atom. The number of aliphatic hydroxyl groups excluding tert-OH is 1. The molecule has 0 aliphatic heterocycles. The first-order valence-electron chi connectivity index (χ1n) is 1.87. The standard InChI is InChI=1S/C4H3ClO4/c5-2(1-6)3(7)4(8)9/h1,6H,(H,8,9)/b2-1+. The van der Waals surface area contributed by atoms with Crippen LogP contribution in [-0.4, -0.2) is 22.0 Å². The van der Waals surface area contributed by atoms with Gasteiger partial charge in [0.2, 0.25) is 0 Å². The van der Waals surface area contributed by atoms with E-state index in [1.807, 2.05) is 0 Å². The Balaban J connectivity index is 4.23. The molecule has 0 fully saturated rings. The van der Waals surface area contributed by atoms with E-state index < -0.39 is 16.8 Å². The Labute approximate surface area is 55.4 Å². The summed E-state index contributed by atoms with van der Waals surface area (Å²) in [5, 5.41) is 15.2. The summed E-state index contributed by atoms with van der Waals surface area (Å²) in [6, 6.07) is 0. The van der Waals surface area contributed by atoms with Crippen LogP contribution in [0.25, 0.3) is 0 Å². The van der Waals surface area contributed by atoms with Crippen LogP contribution in [0.1, 0.15) is 0 Å². The molecule has 0 unspecified atom stereocenters. The van der Waals surface area contributed by atoms with Crippen molar-refractivity contribution in [1.82, 2.24) is 0 Å². The zero-order valence-corrected chi connectivity index (χ0v) is 4.92. The van der Waals surface area contributed by atoms with Crippen molar-refractivity contribution in [2.45, 2.75) is 0 Å². The summed E-state index contributed by atoms with van der Waals surface area (Å²) in [6.45, 7) is 0. The number of hydrogen-bond donors (Lipinski definition) is 2. The van der Waals surface area contributed by atoms with E-state index in [-0.39, 0.29) is 6.26 Å². The molecular formula is C4H3ClO4. The Hall–Kier alpha value is -1.03. The minimum absolute atomic E-state index is 0.234. The molecule has 0 aromatic rings. The van der Waals surface area contributed by atoms with Crippen molar-refractivity contribution in [2.24, 2.45) is 0 Å². The van der Waals surface area contributed by atoms with E-state index in [1.165, 1.54) is 0 Å². The second-order valence-electron chi connectivity index (χ2n) is 1.11. The highest BCUT2D eigenvalue weighted by Crippen LogP contribution is 1.99. The Morgan fingerprint density at radius 3 is 2.00 bits per heavy atom. The molecule has 0 heterocycles. The zero-order chi connectivity index (χ0) is 7.44. The van der Waals surface area contributed by atoms with Gasteiger partial charge < -0.3 is 10.2 Å². The molecule has 0 aromatic carbocycles. The summed E-state index contributed by atoms with van der Waals surface area (Å²) in [7, 11) is 0. The van der Waals surface area contributed by atoms with Crippen molar-refractivity contribution < 1.29 is 19.8 Å². The Morgan fingerprint density at radius 2 is 1.89 bits per heavy atom. The number of ketones is 1. The highest BCUT2D eigenvalue weighted by atomic mass is 35.5. The minimum atomic E-state index is -1.69. The molecule has 9 heavy (non-hydrogen) atoms. The molecule has 2 N–H and O–H groups in total. The number of carbonyl (C=O) groups is 2. The first-order chi connectivity index (χ1) is 4.09. The van der Waals surface area contributed by atoms with E-state index in [9.17, 15) is 9.59 Å². The third kappa shape index (κ3) is 2.14. The summed E-state index contributed by atoms with van der Waals surface area (Å²) < 4.78 is 0. The van der Waals surface area contributed by atoms with Crippen LogP contribution in [0.5, 0.6) is 0 Å². The van der Waals surface area contributed by atoms with E-state index in [2.05, 4.69) is 0 Å². The van der Waals surface area contributed by atoms with Gasteiger partial charge in [-0.05, 0) is 0 Å². The highest BCUT2D eigenvalue weighted by Gasteiger charge is 2.14. The fourth-order valence-electron chi connectivity index (χ4n) is 0.161. The van der Waals surface area contributed by atoms with Crippen LogP contribution in [-0.2, 0) is 9.59 Å². The lowest BCUT2D eigenvalue weighted by Crippen LogP contribution is -2.11. The predicted molar refractivity (Wildman–Crippen MR) is 29.2 cm³/mol. The lowest BCUT2D eigenvalue weighted by atomic mass is 10.4. The molecule has 0 aromatic heterocycles. The van der Waals surface area contributed by atoms with Crippen LogP contribution in [0, 0.1) is 0 Å². The molecule has 5 heteroatoms.